The largest absolute Gasteiger partial charge is 0.497 e. The minimum Gasteiger partial charge on any atom is -0.497 e. The van der Waals surface area contributed by atoms with Crippen LogP contribution >= 0.6 is 0 Å². The Kier molecular flexibility index (Phi) is 5.69. The maximum absolute atomic E-state index is 11.6. The monoisotopic (exact) mass is 376 g/mol. The molecule has 0 radical (unpaired) electrons. The lowest BCUT2D eigenvalue weighted by atomic mass is 9.98. The average Bonchev–Trinajstić information content (AvgIpc) is 2.72. The Bertz CT molecular complexity index is 985. The van der Waals surface area contributed by atoms with Crippen LogP contribution < -0.4 is 10.1 Å². The van der Waals surface area contributed by atoms with Crippen molar-refractivity contribution in [2.24, 2.45) is 0 Å². The van der Waals surface area contributed by atoms with Crippen molar-refractivity contribution in [3.05, 3.63) is 99.6 Å². The predicted molar refractivity (Wildman–Crippen MR) is 108 cm³/mol. The molecule has 3 rings (SSSR count). The average molecular weight is 376 g/mol. The summed E-state index contributed by atoms with van der Waals surface area (Å²) >= 11 is 0. The highest BCUT2D eigenvalue weighted by atomic mass is 16.6. The van der Waals surface area contributed by atoms with Crippen LogP contribution in [0, 0.1) is 10.1 Å². The van der Waals surface area contributed by atoms with Crippen molar-refractivity contribution >= 4 is 17.2 Å². The number of carbonyl (C=O) groups is 1. The molecule has 1 N–H and O–H groups in total. The van der Waals surface area contributed by atoms with Gasteiger partial charge in [-0.3, -0.25) is 14.9 Å². The summed E-state index contributed by atoms with van der Waals surface area (Å²) in [6.45, 7) is 1.39. The standard InChI is InChI=1S/C22H20N2O4/c1-15(25)18-10-13-20(21(14-18)24(26)27)23-22(16-6-4-3-5-7-16)17-8-11-19(28-2)12-9-17/h3-14,22-23H,1-2H3/t22-/m1/s1. The maximum Gasteiger partial charge on any atom is 0.293 e. The van der Waals surface area contributed by atoms with Crippen LogP contribution in [0.25, 0.3) is 0 Å². The van der Waals surface area contributed by atoms with Gasteiger partial charge in [0.2, 0.25) is 0 Å². The van der Waals surface area contributed by atoms with Gasteiger partial charge in [-0.25, -0.2) is 0 Å². The van der Waals surface area contributed by atoms with Crippen LogP contribution in [-0.2, 0) is 0 Å². The molecule has 0 aliphatic rings. The SMILES string of the molecule is COc1ccc([C@H](Nc2ccc(C(C)=O)cc2[N+](=O)[O-])c2ccccc2)cc1. The zero-order valence-electron chi connectivity index (χ0n) is 15.6. The maximum atomic E-state index is 11.6. The highest BCUT2D eigenvalue weighted by Gasteiger charge is 2.21. The smallest absolute Gasteiger partial charge is 0.293 e. The van der Waals surface area contributed by atoms with Gasteiger partial charge in [0.05, 0.1) is 18.1 Å². The fourth-order valence-corrected chi connectivity index (χ4v) is 2.98. The number of rotatable bonds is 7. The van der Waals surface area contributed by atoms with Crippen molar-refractivity contribution in [3.63, 3.8) is 0 Å². The number of ether oxygens (including phenoxy) is 1. The third-order valence-corrected chi connectivity index (χ3v) is 4.48. The number of hydrogen-bond acceptors (Lipinski definition) is 5. The van der Waals surface area contributed by atoms with E-state index in [4.69, 9.17) is 4.74 Å². The summed E-state index contributed by atoms with van der Waals surface area (Å²) in [6, 6.07) is 21.4. The third kappa shape index (κ3) is 4.17. The molecule has 0 saturated carbocycles. The summed E-state index contributed by atoms with van der Waals surface area (Å²) < 4.78 is 5.22. The van der Waals surface area contributed by atoms with Gasteiger partial charge in [-0.1, -0.05) is 42.5 Å². The summed E-state index contributed by atoms with van der Waals surface area (Å²) in [6.07, 6.45) is 0. The van der Waals surface area contributed by atoms with E-state index >= 15 is 0 Å². The number of nitro groups is 1. The van der Waals surface area contributed by atoms with Crippen LogP contribution in [0.2, 0.25) is 0 Å². The molecule has 0 fully saturated rings. The van der Waals surface area contributed by atoms with Crippen molar-refractivity contribution in [1.29, 1.82) is 0 Å². The molecule has 0 aliphatic carbocycles. The number of carbonyl (C=O) groups excluding carboxylic acids is 1. The Hall–Kier alpha value is -3.67. The lowest BCUT2D eigenvalue weighted by molar-refractivity contribution is -0.384. The van der Waals surface area contributed by atoms with E-state index in [1.165, 1.54) is 13.0 Å². The molecule has 6 nitrogen and oxygen atoms in total. The Balaban J connectivity index is 2.04. The first-order chi connectivity index (χ1) is 13.5. The number of hydrogen-bond donors (Lipinski definition) is 1. The third-order valence-electron chi connectivity index (χ3n) is 4.48. The van der Waals surface area contributed by atoms with Gasteiger partial charge in [-0.15, -0.1) is 0 Å². The van der Waals surface area contributed by atoms with E-state index in [1.807, 2.05) is 54.6 Å². The number of nitrogens with one attached hydrogen (secondary N) is 1. The van der Waals surface area contributed by atoms with Crippen molar-refractivity contribution < 1.29 is 14.5 Å². The molecule has 3 aromatic carbocycles. The number of Topliss-reactive ketones (excluding diaryl/α,β-unsaturated/α-hetero) is 1. The fraction of sp³-hybridized carbons (Fsp3) is 0.136. The number of anilines is 1. The molecule has 0 unspecified atom stereocenters. The molecule has 28 heavy (non-hydrogen) atoms. The van der Waals surface area contributed by atoms with Gasteiger partial charge in [0.15, 0.2) is 5.78 Å². The van der Waals surface area contributed by atoms with Crippen LogP contribution in [0.1, 0.15) is 34.5 Å². The number of nitrogens with zero attached hydrogens (tertiary/aromatic N) is 1. The van der Waals surface area contributed by atoms with Gasteiger partial charge in [0.25, 0.3) is 5.69 Å². The Morgan fingerprint density at radius 3 is 2.21 bits per heavy atom. The molecule has 0 heterocycles. The van der Waals surface area contributed by atoms with Gasteiger partial charge >= 0.3 is 0 Å². The quantitative estimate of drug-likeness (QED) is 0.356. The lowest BCUT2D eigenvalue weighted by Gasteiger charge is -2.21. The zero-order chi connectivity index (χ0) is 20.1. The zero-order valence-corrected chi connectivity index (χ0v) is 15.6. The number of methoxy groups -OCH3 is 1. The minimum atomic E-state index is -0.481. The summed E-state index contributed by atoms with van der Waals surface area (Å²) in [4.78, 5) is 22.7. The predicted octanol–water partition coefficient (Wildman–Crippen LogP) is 5.01. The molecule has 0 amide bonds. The van der Waals surface area contributed by atoms with Crippen LogP contribution in [-0.4, -0.2) is 17.8 Å². The second-order valence-electron chi connectivity index (χ2n) is 6.31. The van der Waals surface area contributed by atoms with Gasteiger partial charge in [0, 0.05) is 11.6 Å². The van der Waals surface area contributed by atoms with Crippen LogP contribution in [0.3, 0.4) is 0 Å². The molecule has 0 spiro atoms. The van der Waals surface area contributed by atoms with E-state index in [9.17, 15) is 14.9 Å². The van der Waals surface area contributed by atoms with Crippen LogP contribution in [0.4, 0.5) is 11.4 Å². The fourth-order valence-electron chi connectivity index (χ4n) is 2.98. The molecule has 1 atom stereocenters. The van der Waals surface area contributed by atoms with E-state index in [-0.39, 0.29) is 17.5 Å². The molecular weight excluding hydrogens is 356 g/mol. The molecule has 3 aromatic rings. The van der Waals surface area contributed by atoms with E-state index in [2.05, 4.69) is 5.32 Å². The molecular formula is C22H20N2O4. The summed E-state index contributed by atoms with van der Waals surface area (Å²) in [5.41, 5.74) is 2.40. The minimum absolute atomic E-state index is 0.137. The molecule has 0 aromatic heterocycles. The number of ketones is 1. The molecule has 0 bridgehead atoms. The normalized spacial score (nSPS) is 11.5. The van der Waals surface area contributed by atoms with Crippen molar-refractivity contribution in [1.82, 2.24) is 0 Å². The van der Waals surface area contributed by atoms with Crippen molar-refractivity contribution in [2.75, 3.05) is 12.4 Å². The number of nitro benzene ring substituents is 1. The van der Waals surface area contributed by atoms with E-state index in [0.29, 0.717) is 11.3 Å². The second kappa shape index (κ2) is 8.35. The van der Waals surface area contributed by atoms with Crippen molar-refractivity contribution in [2.45, 2.75) is 13.0 Å². The number of benzene rings is 3. The first-order valence-corrected chi connectivity index (χ1v) is 8.74. The molecule has 0 aliphatic heterocycles. The van der Waals surface area contributed by atoms with Gasteiger partial charge < -0.3 is 10.1 Å². The van der Waals surface area contributed by atoms with Gasteiger partial charge in [-0.2, -0.15) is 0 Å². The van der Waals surface area contributed by atoms with Crippen LogP contribution in [0.5, 0.6) is 5.75 Å². The Morgan fingerprint density at radius 2 is 1.64 bits per heavy atom. The molecule has 142 valence electrons. The summed E-state index contributed by atoms with van der Waals surface area (Å²) in [7, 11) is 1.60. The topological polar surface area (TPSA) is 81.5 Å². The molecule has 0 saturated heterocycles. The Labute approximate surface area is 162 Å². The molecule has 6 heteroatoms. The second-order valence-corrected chi connectivity index (χ2v) is 6.31. The first-order valence-electron chi connectivity index (χ1n) is 8.74. The van der Waals surface area contributed by atoms with Crippen molar-refractivity contribution in [3.8, 4) is 5.75 Å². The van der Waals surface area contributed by atoms with Gasteiger partial charge in [0.1, 0.15) is 11.4 Å². The van der Waals surface area contributed by atoms with E-state index < -0.39 is 4.92 Å². The first kappa shape index (κ1) is 19.1. The van der Waals surface area contributed by atoms with E-state index in [0.717, 1.165) is 16.9 Å². The lowest BCUT2D eigenvalue weighted by Crippen LogP contribution is -2.13. The highest BCUT2D eigenvalue weighted by molar-refractivity contribution is 5.95. The summed E-state index contributed by atoms with van der Waals surface area (Å²) in [5, 5.41) is 14.8. The Morgan fingerprint density at radius 1 is 1.00 bits per heavy atom. The van der Waals surface area contributed by atoms with E-state index in [1.54, 1.807) is 19.2 Å². The van der Waals surface area contributed by atoms with Crippen LogP contribution in [0.15, 0.2) is 72.8 Å². The van der Waals surface area contributed by atoms with Gasteiger partial charge in [-0.05, 0) is 42.3 Å². The highest BCUT2D eigenvalue weighted by Crippen LogP contribution is 2.33. The summed E-state index contributed by atoms with van der Waals surface area (Å²) in [5.74, 6) is 0.511.